The molecule has 0 aromatic heterocycles. The molecule has 0 fully saturated rings. The van der Waals surface area contributed by atoms with Crippen LogP contribution in [0.15, 0.2) is 42.5 Å². The fourth-order valence-corrected chi connectivity index (χ4v) is 2.20. The van der Waals surface area contributed by atoms with Crippen LogP contribution in [0.5, 0.6) is 0 Å². The molecule has 1 N–H and O–H groups in total. The van der Waals surface area contributed by atoms with Crippen molar-refractivity contribution in [2.45, 2.75) is 26.6 Å². The Morgan fingerprint density at radius 3 is 2.10 bits per heavy atom. The Hall–Kier alpha value is -1.97. The average Bonchev–Trinajstić information content (AvgIpc) is 2.37. The van der Waals surface area contributed by atoms with E-state index in [2.05, 4.69) is 5.32 Å². The Morgan fingerprint density at radius 2 is 1.50 bits per heavy atom. The van der Waals surface area contributed by atoms with Gasteiger partial charge < -0.3 is 5.32 Å². The maximum absolute atomic E-state index is 12.9. The van der Waals surface area contributed by atoms with Gasteiger partial charge in [0.2, 0.25) is 0 Å². The molecule has 0 saturated carbocycles. The van der Waals surface area contributed by atoms with E-state index in [1.165, 1.54) is 12.1 Å². The number of alkyl halides is 3. The number of aryl methyl sites for hydroxylation is 2. The molecule has 0 unspecified atom stereocenters. The molecule has 0 bridgehead atoms. The van der Waals surface area contributed by atoms with Gasteiger partial charge in [-0.1, -0.05) is 30.3 Å². The van der Waals surface area contributed by atoms with Crippen molar-refractivity contribution in [3.8, 4) is 0 Å². The van der Waals surface area contributed by atoms with Crippen LogP contribution >= 0.6 is 0 Å². The minimum atomic E-state index is -4.34. The molecule has 0 radical (unpaired) electrons. The second kappa shape index (κ2) is 5.57. The predicted molar refractivity (Wildman–Crippen MR) is 74.7 cm³/mol. The number of para-hydroxylation sites is 1. The molecule has 0 amide bonds. The van der Waals surface area contributed by atoms with E-state index in [4.69, 9.17) is 0 Å². The molecule has 1 nitrogen and oxygen atoms in total. The maximum atomic E-state index is 12.9. The minimum absolute atomic E-state index is 0.114. The summed E-state index contributed by atoms with van der Waals surface area (Å²) in [5.74, 6) is 0. The Bertz CT molecular complexity index is 583. The lowest BCUT2D eigenvalue weighted by molar-refractivity contribution is -0.136. The molecule has 0 aliphatic carbocycles. The zero-order chi connectivity index (χ0) is 14.8. The van der Waals surface area contributed by atoms with Crippen LogP contribution in [0.3, 0.4) is 0 Å². The highest BCUT2D eigenvalue weighted by atomic mass is 19.4. The van der Waals surface area contributed by atoms with Crippen molar-refractivity contribution in [1.82, 2.24) is 0 Å². The molecule has 2 aromatic carbocycles. The first-order valence-corrected chi connectivity index (χ1v) is 6.35. The topological polar surface area (TPSA) is 12.0 Å². The average molecular weight is 279 g/mol. The summed E-state index contributed by atoms with van der Waals surface area (Å²) in [7, 11) is 0. The van der Waals surface area contributed by atoms with Gasteiger partial charge >= 0.3 is 6.18 Å². The van der Waals surface area contributed by atoms with E-state index in [-0.39, 0.29) is 5.69 Å². The quantitative estimate of drug-likeness (QED) is 0.839. The Kier molecular flexibility index (Phi) is 4.02. The van der Waals surface area contributed by atoms with Crippen molar-refractivity contribution in [3.63, 3.8) is 0 Å². The molecule has 2 aromatic rings. The number of hydrogen-bond donors (Lipinski definition) is 1. The van der Waals surface area contributed by atoms with E-state index in [0.717, 1.165) is 22.8 Å². The van der Waals surface area contributed by atoms with Crippen molar-refractivity contribution in [2.75, 3.05) is 5.32 Å². The summed E-state index contributed by atoms with van der Waals surface area (Å²) < 4.78 is 38.7. The number of hydrogen-bond acceptors (Lipinski definition) is 1. The van der Waals surface area contributed by atoms with Crippen molar-refractivity contribution in [2.24, 2.45) is 0 Å². The largest absolute Gasteiger partial charge is 0.418 e. The summed E-state index contributed by atoms with van der Waals surface area (Å²) in [5.41, 5.74) is 2.65. The van der Waals surface area contributed by atoms with Gasteiger partial charge in [0.1, 0.15) is 0 Å². The number of rotatable bonds is 3. The molecule has 0 heterocycles. The van der Waals surface area contributed by atoms with Crippen LogP contribution in [0.2, 0.25) is 0 Å². The lowest BCUT2D eigenvalue weighted by atomic mass is 10.0. The summed E-state index contributed by atoms with van der Waals surface area (Å²) in [6.45, 7) is 4.30. The first-order chi connectivity index (χ1) is 9.39. The zero-order valence-electron chi connectivity index (χ0n) is 11.4. The van der Waals surface area contributed by atoms with Gasteiger partial charge in [0.15, 0.2) is 0 Å². The highest BCUT2D eigenvalue weighted by Gasteiger charge is 2.33. The molecular formula is C16H16F3N. The highest BCUT2D eigenvalue weighted by Crippen LogP contribution is 2.34. The van der Waals surface area contributed by atoms with Crippen molar-refractivity contribution < 1.29 is 13.2 Å². The lowest BCUT2D eigenvalue weighted by Crippen LogP contribution is -2.11. The minimum Gasteiger partial charge on any atom is -0.380 e. The lowest BCUT2D eigenvalue weighted by Gasteiger charge is -2.16. The van der Waals surface area contributed by atoms with Crippen LogP contribution in [0.25, 0.3) is 0 Å². The molecule has 0 saturated heterocycles. The SMILES string of the molecule is Cc1cccc(C)c1CNc1ccccc1C(F)(F)F. The van der Waals surface area contributed by atoms with Crippen LogP contribution in [-0.4, -0.2) is 0 Å². The van der Waals surface area contributed by atoms with Crippen LogP contribution in [0.4, 0.5) is 18.9 Å². The Labute approximate surface area is 116 Å². The van der Waals surface area contributed by atoms with Crippen molar-refractivity contribution in [1.29, 1.82) is 0 Å². The van der Waals surface area contributed by atoms with E-state index in [1.807, 2.05) is 32.0 Å². The van der Waals surface area contributed by atoms with Gasteiger partial charge in [-0.2, -0.15) is 13.2 Å². The molecule has 4 heteroatoms. The van der Waals surface area contributed by atoms with Gasteiger partial charge in [-0.25, -0.2) is 0 Å². The fourth-order valence-electron chi connectivity index (χ4n) is 2.20. The van der Waals surface area contributed by atoms with Crippen molar-refractivity contribution in [3.05, 3.63) is 64.7 Å². The molecule has 2 rings (SSSR count). The Balaban J connectivity index is 2.24. The third-order valence-electron chi connectivity index (χ3n) is 3.33. The van der Waals surface area contributed by atoms with Crippen LogP contribution in [0, 0.1) is 13.8 Å². The molecular weight excluding hydrogens is 263 g/mol. The monoisotopic (exact) mass is 279 g/mol. The van der Waals surface area contributed by atoms with Gasteiger partial charge in [0.05, 0.1) is 5.56 Å². The van der Waals surface area contributed by atoms with Gasteiger partial charge in [0.25, 0.3) is 0 Å². The number of anilines is 1. The van der Waals surface area contributed by atoms with Gasteiger partial charge in [-0.05, 0) is 42.7 Å². The number of benzene rings is 2. The smallest absolute Gasteiger partial charge is 0.380 e. The second-order valence-electron chi connectivity index (χ2n) is 4.77. The third kappa shape index (κ3) is 3.13. The normalized spacial score (nSPS) is 11.4. The van der Waals surface area contributed by atoms with Gasteiger partial charge in [-0.3, -0.25) is 0 Å². The summed E-state index contributed by atoms with van der Waals surface area (Å²) in [4.78, 5) is 0. The van der Waals surface area contributed by atoms with Crippen LogP contribution < -0.4 is 5.32 Å². The first-order valence-electron chi connectivity index (χ1n) is 6.35. The Morgan fingerprint density at radius 1 is 0.900 bits per heavy atom. The highest BCUT2D eigenvalue weighted by molar-refractivity contribution is 5.53. The summed E-state index contributed by atoms with van der Waals surface area (Å²) >= 11 is 0. The molecule has 0 spiro atoms. The van der Waals surface area contributed by atoms with Crippen LogP contribution in [-0.2, 0) is 12.7 Å². The summed E-state index contributed by atoms with van der Waals surface area (Å²) in [6, 6.07) is 11.4. The van der Waals surface area contributed by atoms with E-state index < -0.39 is 11.7 Å². The fraction of sp³-hybridized carbons (Fsp3) is 0.250. The first kappa shape index (κ1) is 14.4. The van der Waals surface area contributed by atoms with Crippen molar-refractivity contribution >= 4 is 5.69 Å². The van der Waals surface area contributed by atoms with E-state index in [0.29, 0.717) is 6.54 Å². The van der Waals surface area contributed by atoms with Crippen LogP contribution in [0.1, 0.15) is 22.3 Å². The molecule has 106 valence electrons. The van der Waals surface area contributed by atoms with E-state index in [1.54, 1.807) is 6.07 Å². The molecule has 0 atom stereocenters. The third-order valence-corrected chi connectivity index (χ3v) is 3.33. The standard InChI is InChI=1S/C16H16F3N/c1-11-6-5-7-12(2)13(11)10-20-15-9-4-3-8-14(15)16(17,18)19/h3-9,20H,10H2,1-2H3. The summed E-state index contributed by atoms with van der Waals surface area (Å²) in [6.07, 6.45) is -4.34. The molecule has 0 aliphatic heterocycles. The van der Waals surface area contributed by atoms with E-state index in [9.17, 15) is 13.2 Å². The second-order valence-corrected chi connectivity index (χ2v) is 4.77. The number of halogens is 3. The molecule has 0 aliphatic rings. The van der Waals surface area contributed by atoms with Gasteiger partial charge in [-0.15, -0.1) is 0 Å². The zero-order valence-corrected chi connectivity index (χ0v) is 11.4. The van der Waals surface area contributed by atoms with Gasteiger partial charge in [0, 0.05) is 12.2 Å². The predicted octanol–water partition coefficient (Wildman–Crippen LogP) is 4.93. The number of nitrogens with one attached hydrogen (secondary N) is 1. The molecule has 20 heavy (non-hydrogen) atoms. The van der Waals surface area contributed by atoms with E-state index >= 15 is 0 Å². The summed E-state index contributed by atoms with van der Waals surface area (Å²) in [5, 5.41) is 2.90. The maximum Gasteiger partial charge on any atom is 0.418 e.